The van der Waals surface area contributed by atoms with Gasteiger partial charge in [0.25, 0.3) is 0 Å². The Kier molecular flexibility index (Phi) is 6.90. The van der Waals surface area contributed by atoms with Gasteiger partial charge in [0.2, 0.25) is 10.0 Å². The van der Waals surface area contributed by atoms with Gasteiger partial charge in [-0.05, 0) is 19.1 Å². The molecule has 0 saturated heterocycles. The van der Waals surface area contributed by atoms with Crippen molar-refractivity contribution in [3.8, 4) is 0 Å². The molecule has 0 bridgehead atoms. The van der Waals surface area contributed by atoms with Crippen LogP contribution >= 0.6 is 0 Å². The van der Waals surface area contributed by atoms with E-state index in [0.29, 0.717) is 25.6 Å². The maximum atomic E-state index is 12.1. The van der Waals surface area contributed by atoms with E-state index in [1.165, 1.54) is 6.33 Å². The van der Waals surface area contributed by atoms with Crippen molar-refractivity contribution < 1.29 is 8.42 Å². The number of guanidine groups is 1. The molecule has 0 aliphatic heterocycles. The molecule has 10 heteroatoms. The minimum Gasteiger partial charge on any atom is -0.357 e. The van der Waals surface area contributed by atoms with Crippen molar-refractivity contribution in [3.63, 3.8) is 0 Å². The first-order chi connectivity index (χ1) is 12.0. The normalized spacial score (nSPS) is 12.2. The second-order valence-corrected chi connectivity index (χ2v) is 6.90. The van der Waals surface area contributed by atoms with Crippen molar-refractivity contribution in [1.29, 1.82) is 0 Å². The van der Waals surface area contributed by atoms with Crippen molar-refractivity contribution in [2.75, 3.05) is 19.6 Å². The fourth-order valence-electron chi connectivity index (χ4n) is 2.00. The molecule has 0 aliphatic rings. The van der Waals surface area contributed by atoms with Crippen molar-refractivity contribution >= 4 is 16.0 Å². The van der Waals surface area contributed by atoms with Crippen LogP contribution in [0.1, 0.15) is 12.7 Å². The van der Waals surface area contributed by atoms with Crippen LogP contribution in [0.5, 0.6) is 0 Å². The zero-order valence-corrected chi connectivity index (χ0v) is 15.1. The predicted molar refractivity (Wildman–Crippen MR) is 95.5 cm³/mol. The third-order valence-corrected chi connectivity index (χ3v) is 4.77. The Morgan fingerprint density at radius 2 is 1.96 bits per heavy atom. The van der Waals surface area contributed by atoms with Gasteiger partial charge in [0, 0.05) is 26.7 Å². The average molecular weight is 365 g/mol. The van der Waals surface area contributed by atoms with Crippen LogP contribution in [0.4, 0.5) is 0 Å². The molecule has 0 saturated carbocycles. The lowest BCUT2D eigenvalue weighted by Gasteiger charge is -2.12. The number of hydrogen-bond donors (Lipinski definition) is 3. The van der Waals surface area contributed by atoms with E-state index in [9.17, 15) is 8.42 Å². The highest BCUT2D eigenvalue weighted by atomic mass is 32.2. The van der Waals surface area contributed by atoms with Gasteiger partial charge >= 0.3 is 0 Å². The number of nitrogens with one attached hydrogen (secondary N) is 3. The summed E-state index contributed by atoms with van der Waals surface area (Å²) in [7, 11) is -1.69. The second-order valence-electron chi connectivity index (χ2n) is 5.13. The zero-order chi connectivity index (χ0) is 18.1. The van der Waals surface area contributed by atoms with E-state index >= 15 is 0 Å². The SMILES string of the molecule is CCNC(=NCc1ncnn1C)NCCNS(=O)(=O)c1ccccc1. The molecule has 0 spiro atoms. The molecule has 2 rings (SSSR count). The van der Waals surface area contributed by atoms with E-state index < -0.39 is 10.0 Å². The van der Waals surface area contributed by atoms with Crippen LogP contribution in [0.25, 0.3) is 0 Å². The van der Waals surface area contributed by atoms with Crippen LogP contribution in [0.2, 0.25) is 0 Å². The summed E-state index contributed by atoms with van der Waals surface area (Å²) in [5.41, 5.74) is 0. The highest BCUT2D eigenvalue weighted by molar-refractivity contribution is 7.89. The monoisotopic (exact) mass is 365 g/mol. The molecule has 9 nitrogen and oxygen atoms in total. The van der Waals surface area contributed by atoms with Gasteiger partial charge in [-0.3, -0.25) is 4.68 Å². The summed E-state index contributed by atoms with van der Waals surface area (Å²) in [4.78, 5) is 8.76. The zero-order valence-electron chi connectivity index (χ0n) is 14.3. The molecule has 0 aliphatic carbocycles. The number of benzene rings is 1. The topological polar surface area (TPSA) is 113 Å². The molecule has 25 heavy (non-hydrogen) atoms. The van der Waals surface area contributed by atoms with Gasteiger partial charge in [-0.15, -0.1) is 0 Å². The quantitative estimate of drug-likeness (QED) is 0.341. The van der Waals surface area contributed by atoms with Crippen LogP contribution in [0.3, 0.4) is 0 Å². The minimum absolute atomic E-state index is 0.242. The van der Waals surface area contributed by atoms with Crippen molar-refractivity contribution in [2.45, 2.75) is 18.4 Å². The maximum Gasteiger partial charge on any atom is 0.240 e. The molecule has 1 heterocycles. The van der Waals surface area contributed by atoms with Gasteiger partial charge in [-0.1, -0.05) is 18.2 Å². The summed E-state index contributed by atoms with van der Waals surface area (Å²) in [5.74, 6) is 1.33. The first-order valence-corrected chi connectivity index (χ1v) is 9.41. The third kappa shape index (κ3) is 5.84. The summed E-state index contributed by atoms with van der Waals surface area (Å²) in [6.45, 7) is 3.67. The first-order valence-electron chi connectivity index (χ1n) is 7.92. The van der Waals surface area contributed by atoms with Gasteiger partial charge in [-0.25, -0.2) is 23.1 Å². The number of aryl methyl sites for hydroxylation is 1. The molecule has 0 atom stereocenters. The highest BCUT2D eigenvalue weighted by Gasteiger charge is 2.12. The Morgan fingerprint density at radius 1 is 1.20 bits per heavy atom. The van der Waals surface area contributed by atoms with E-state index in [1.54, 1.807) is 42.1 Å². The van der Waals surface area contributed by atoms with Gasteiger partial charge < -0.3 is 10.6 Å². The lowest BCUT2D eigenvalue weighted by molar-refractivity contribution is 0.580. The van der Waals surface area contributed by atoms with Crippen LogP contribution in [-0.2, 0) is 23.6 Å². The highest BCUT2D eigenvalue weighted by Crippen LogP contribution is 2.06. The summed E-state index contributed by atoms with van der Waals surface area (Å²) in [6, 6.07) is 8.27. The third-order valence-electron chi connectivity index (χ3n) is 3.29. The van der Waals surface area contributed by atoms with Crippen LogP contribution in [0.15, 0.2) is 46.5 Å². The van der Waals surface area contributed by atoms with Crippen LogP contribution in [0, 0.1) is 0 Å². The Morgan fingerprint density at radius 3 is 2.60 bits per heavy atom. The largest absolute Gasteiger partial charge is 0.357 e. The molecule has 0 amide bonds. The van der Waals surface area contributed by atoms with E-state index in [0.717, 1.165) is 5.82 Å². The molecule has 1 aromatic carbocycles. The molecule has 1 aromatic heterocycles. The smallest absolute Gasteiger partial charge is 0.240 e. The molecular weight excluding hydrogens is 342 g/mol. The predicted octanol–water partition coefficient (Wildman–Crippen LogP) is -0.151. The van der Waals surface area contributed by atoms with Crippen LogP contribution < -0.4 is 15.4 Å². The maximum absolute atomic E-state index is 12.1. The molecule has 136 valence electrons. The Bertz CT molecular complexity index is 787. The standard InChI is InChI=1S/C15H23N7O2S/c1-3-16-15(18-11-14-19-12-20-22(14)2)17-9-10-21-25(23,24)13-7-5-4-6-8-13/h4-8,12,21H,3,9-11H2,1-2H3,(H2,16,17,18). The Balaban J connectivity index is 1.84. The van der Waals surface area contributed by atoms with E-state index in [1.807, 2.05) is 6.92 Å². The number of aliphatic imine (C=N–C) groups is 1. The summed E-state index contributed by atoms with van der Waals surface area (Å²) >= 11 is 0. The first kappa shape index (κ1) is 18.9. The number of hydrogen-bond acceptors (Lipinski definition) is 5. The van der Waals surface area contributed by atoms with Crippen LogP contribution in [-0.4, -0.2) is 48.8 Å². The molecular formula is C15H23N7O2S. The Labute approximate surface area is 147 Å². The lowest BCUT2D eigenvalue weighted by Crippen LogP contribution is -2.41. The fourth-order valence-corrected chi connectivity index (χ4v) is 3.06. The minimum atomic E-state index is -3.50. The van der Waals surface area contributed by atoms with Crippen molar-refractivity contribution in [2.24, 2.45) is 12.0 Å². The molecule has 0 radical (unpaired) electrons. The summed E-state index contributed by atoms with van der Waals surface area (Å²) in [5, 5.41) is 10.2. The lowest BCUT2D eigenvalue weighted by atomic mass is 10.4. The number of aromatic nitrogens is 3. The Hall–Kier alpha value is -2.46. The second kappa shape index (κ2) is 9.14. The van der Waals surface area contributed by atoms with Gasteiger partial charge in [0.15, 0.2) is 5.96 Å². The van der Waals surface area contributed by atoms with Crippen molar-refractivity contribution in [3.05, 3.63) is 42.5 Å². The van der Waals surface area contributed by atoms with Gasteiger partial charge in [0.05, 0.1) is 4.90 Å². The molecule has 3 N–H and O–H groups in total. The molecule has 0 fully saturated rings. The summed E-state index contributed by atoms with van der Waals surface area (Å²) in [6.07, 6.45) is 1.48. The van der Waals surface area contributed by atoms with E-state index in [-0.39, 0.29) is 11.4 Å². The average Bonchev–Trinajstić information content (AvgIpc) is 3.02. The number of sulfonamides is 1. The van der Waals surface area contributed by atoms with E-state index in [2.05, 4.69) is 30.4 Å². The molecule has 2 aromatic rings. The number of nitrogens with zero attached hydrogens (tertiary/aromatic N) is 4. The number of rotatable bonds is 8. The molecule has 0 unspecified atom stereocenters. The van der Waals surface area contributed by atoms with Gasteiger partial charge in [0.1, 0.15) is 18.7 Å². The fraction of sp³-hybridized carbons (Fsp3) is 0.400. The van der Waals surface area contributed by atoms with E-state index in [4.69, 9.17) is 0 Å². The summed E-state index contributed by atoms with van der Waals surface area (Å²) < 4.78 is 28.4. The van der Waals surface area contributed by atoms with Gasteiger partial charge in [-0.2, -0.15) is 5.10 Å². The van der Waals surface area contributed by atoms with Crippen molar-refractivity contribution in [1.82, 2.24) is 30.1 Å².